The molecule has 2 unspecified atom stereocenters. The molecule has 3 nitrogen and oxygen atoms in total. The number of thiophene rings is 1. The van der Waals surface area contributed by atoms with Crippen LogP contribution >= 0.6 is 11.3 Å². The van der Waals surface area contributed by atoms with Crippen LogP contribution in [0.15, 0.2) is 47.8 Å². The van der Waals surface area contributed by atoms with Crippen LogP contribution in [0.5, 0.6) is 0 Å². The molecular weight excluding hydrogens is 270 g/mol. The van der Waals surface area contributed by atoms with E-state index >= 15 is 0 Å². The predicted octanol–water partition coefficient (Wildman–Crippen LogP) is 3.44. The molecule has 0 saturated heterocycles. The zero-order valence-electron chi connectivity index (χ0n) is 11.7. The minimum absolute atomic E-state index is 0.162. The van der Waals surface area contributed by atoms with Crippen molar-refractivity contribution >= 4 is 17.3 Å². The van der Waals surface area contributed by atoms with Crippen molar-refractivity contribution in [1.82, 2.24) is 4.90 Å². The van der Waals surface area contributed by atoms with Crippen molar-refractivity contribution in [3.63, 3.8) is 0 Å². The summed E-state index contributed by atoms with van der Waals surface area (Å²) in [6, 6.07) is 13.1. The SMILES string of the molecule is CC(Cc1cccs1)N(C)C(C(=O)O)c1ccccc1. The average molecular weight is 289 g/mol. The summed E-state index contributed by atoms with van der Waals surface area (Å²) in [7, 11) is 1.88. The normalized spacial score (nSPS) is 14.2. The van der Waals surface area contributed by atoms with E-state index in [-0.39, 0.29) is 6.04 Å². The Hall–Kier alpha value is -1.65. The van der Waals surface area contributed by atoms with Crippen LogP contribution in [0, 0.1) is 0 Å². The van der Waals surface area contributed by atoms with Gasteiger partial charge in [-0.2, -0.15) is 0 Å². The number of likely N-dealkylation sites (N-methyl/N-ethyl adjacent to an activating group) is 1. The first-order valence-electron chi connectivity index (χ1n) is 6.61. The third kappa shape index (κ3) is 3.46. The second kappa shape index (κ2) is 6.68. The van der Waals surface area contributed by atoms with Gasteiger partial charge < -0.3 is 5.11 Å². The van der Waals surface area contributed by atoms with Crippen LogP contribution in [0.2, 0.25) is 0 Å². The summed E-state index contributed by atoms with van der Waals surface area (Å²) < 4.78 is 0. The zero-order valence-corrected chi connectivity index (χ0v) is 12.5. The molecule has 0 radical (unpaired) electrons. The van der Waals surface area contributed by atoms with Gasteiger partial charge in [0.15, 0.2) is 0 Å². The molecular formula is C16H19NO2S. The number of carbonyl (C=O) groups is 1. The first kappa shape index (κ1) is 14.8. The maximum atomic E-state index is 11.6. The van der Waals surface area contributed by atoms with Crippen LogP contribution in [-0.2, 0) is 11.2 Å². The van der Waals surface area contributed by atoms with Crippen LogP contribution < -0.4 is 0 Å². The van der Waals surface area contributed by atoms with E-state index in [0.717, 1.165) is 12.0 Å². The molecule has 1 heterocycles. The van der Waals surface area contributed by atoms with Crippen molar-refractivity contribution in [3.8, 4) is 0 Å². The van der Waals surface area contributed by atoms with Crippen LogP contribution in [0.4, 0.5) is 0 Å². The number of rotatable bonds is 6. The fourth-order valence-electron chi connectivity index (χ4n) is 2.31. The van der Waals surface area contributed by atoms with Crippen molar-refractivity contribution in [2.45, 2.75) is 25.4 Å². The number of nitrogens with zero attached hydrogens (tertiary/aromatic N) is 1. The van der Waals surface area contributed by atoms with Gasteiger partial charge in [0.25, 0.3) is 0 Å². The monoisotopic (exact) mass is 289 g/mol. The third-order valence-corrected chi connectivity index (χ3v) is 4.43. The molecule has 1 N–H and O–H groups in total. The van der Waals surface area contributed by atoms with E-state index in [1.807, 2.05) is 53.7 Å². The lowest BCUT2D eigenvalue weighted by Gasteiger charge is -2.30. The van der Waals surface area contributed by atoms with Crippen molar-refractivity contribution in [2.75, 3.05) is 7.05 Å². The molecule has 2 rings (SSSR count). The summed E-state index contributed by atoms with van der Waals surface area (Å²) in [5.74, 6) is -0.809. The van der Waals surface area contributed by atoms with Crippen LogP contribution in [0.25, 0.3) is 0 Å². The highest BCUT2D eigenvalue weighted by Crippen LogP contribution is 2.24. The van der Waals surface area contributed by atoms with Crippen LogP contribution in [0.1, 0.15) is 23.4 Å². The molecule has 0 fully saturated rings. The van der Waals surface area contributed by atoms with E-state index in [1.165, 1.54) is 4.88 Å². The summed E-state index contributed by atoms with van der Waals surface area (Å²) in [5.41, 5.74) is 0.820. The van der Waals surface area contributed by atoms with Gasteiger partial charge in [0.05, 0.1) is 0 Å². The maximum absolute atomic E-state index is 11.6. The minimum atomic E-state index is -0.809. The Balaban J connectivity index is 2.15. The molecule has 4 heteroatoms. The Morgan fingerprint density at radius 1 is 1.25 bits per heavy atom. The molecule has 0 aliphatic carbocycles. The van der Waals surface area contributed by atoms with Crippen LogP contribution in [0.3, 0.4) is 0 Å². The number of hydrogen-bond donors (Lipinski definition) is 1. The second-order valence-electron chi connectivity index (χ2n) is 4.95. The number of carboxylic acid groups (broad SMARTS) is 1. The van der Waals surface area contributed by atoms with E-state index in [9.17, 15) is 9.90 Å². The molecule has 2 aromatic rings. The molecule has 0 bridgehead atoms. The van der Waals surface area contributed by atoms with Gasteiger partial charge in [-0.1, -0.05) is 36.4 Å². The van der Waals surface area contributed by atoms with Crippen molar-refractivity contribution in [2.24, 2.45) is 0 Å². The van der Waals surface area contributed by atoms with Crippen molar-refractivity contribution in [1.29, 1.82) is 0 Å². The smallest absolute Gasteiger partial charge is 0.325 e. The average Bonchev–Trinajstić information content (AvgIpc) is 2.92. The fraction of sp³-hybridized carbons (Fsp3) is 0.312. The van der Waals surface area contributed by atoms with Gasteiger partial charge in [0, 0.05) is 10.9 Å². The standard InChI is InChI=1S/C16H19NO2S/c1-12(11-14-9-6-10-20-14)17(2)15(16(18)19)13-7-4-3-5-8-13/h3-10,12,15H,11H2,1-2H3,(H,18,19). The molecule has 20 heavy (non-hydrogen) atoms. The van der Waals surface area contributed by atoms with Crippen molar-refractivity contribution < 1.29 is 9.90 Å². The van der Waals surface area contributed by atoms with E-state index in [0.29, 0.717) is 0 Å². The molecule has 0 aliphatic rings. The van der Waals surface area contributed by atoms with Crippen molar-refractivity contribution in [3.05, 3.63) is 58.3 Å². The first-order valence-corrected chi connectivity index (χ1v) is 7.49. The summed E-state index contributed by atoms with van der Waals surface area (Å²) in [6.07, 6.45) is 0.866. The van der Waals surface area contributed by atoms with Gasteiger partial charge in [-0.3, -0.25) is 9.69 Å². The highest BCUT2D eigenvalue weighted by atomic mass is 32.1. The lowest BCUT2D eigenvalue weighted by atomic mass is 10.0. The summed E-state index contributed by atoms with van der Waals surface area (Å²) in [4.78, 5) is 14.8. The van der Waals surface area contributed by atoms with Gasteiger partial charge in [0.2, 0.25) is 0 Å². The van der Waals surface area contributed by atoms with Crippen LogP contribution in [-0.4, -0.2) is 29.1 Å². The quantitative estimate of drug-likeness (QED) is 0.885. The van der Waals surface area contributed by atoms with E-state index in [2.05, 4.69) is 13.0 Å². The first-order chi connectivity index (χ1) is 9.59. The Bertz CT molecular complexity index is 539. The van der Waals surface area contributed by atoms with Gasteiger partial charge in [-0.15, -0.1) is 11.3 Å². The van der Waals surface area contributed by atoms with Gasteiger partial charge in [-0.05, 0) is 37.4 Å². The number of carboxylic acids is 1. The highest BCUT2D eigenvalue weighted by molar-refractivity contribution is 7.09. The maximum Gasteiger partial charge on any atom is 0.325 e. The van der Waals surface area contributed by atoms with Gasteiger partial charge in [-0.25, -0.2) is 0 Å². The molecule has 1 aromatic heterocycles. The lowest BCUT2D eigenvalue weighted by Crippen LogP contribution is -2.38. The molecule has 2 atom stereocenters. The third-order valence-electron chi connectivity index (χ3n) is 3.53. The Kier molecular flexibility index (Phi) is 4.93. The molecule has 0 saturated carbocycles. The predicted molar refractivity (Wildman–Crippen MR) is 82.1 cm³/mol. The molecule has 1 aromatic carbocycles. The number of aliphatic carboxylic acids is 1. The van der Waals surface area contributed by atoms with E-state index < -0.39 is 12.0 Å². The zero-order chi connectivity index (χ0) is 14.5. The number of benzene rings is 1. The molecule has 0 amide bonds. The molecule has 0 aliphatic heterocycles. The fourth-order valence-corrected chi connectivity index (χ4v) is 3.13. The van der Waals surface area contributed by atoms with E-state index in [1.54, 1.807) is 11.3 Å². The van der Waals surface area contributed by atoms with Gasteiger partial charge >= 0.3 is 5.97 Å². The Labute approximate surface area is 123 Å². The molecule has 106 valence electrons. The summed E-state index contributed by atoms with van der Waals surface area (Å²) in [5, 5.41) is 11.6. The summed E-state index contributed by atoms with van der Waals surface area (Å²) in [6.45, 7) is 2.07. The second-order valence-corrected chi connectivity index (χ2v) is 5.98. The molecule has 0 spiro atoms. The summed E-state index contributed by atoms with van der Waals surface area (Å²) >= 11 is 1.71. The Morgan fingerprint density at radius 2 is 1.95 bits per heavy atom. The topological polar surface area (TPSA) is 40.5 Å². The van der Waals surface area contributed by atoms with Gasteiger partial charge in [0.1, 0.15) is 6.04 Å². The highest BCUT2D eigenvalue weighted by Gasteiger charge is 2.27. The number of hydrogen-bond acceptors (Lipinski definition) is 3. The Morgan fingerprint density at radius 3 is 2.50 bits per heavy atom. The lowest BCUT2D eigenvalue weighted by molar-refractivity contribution is -0.143. The van der Waals surface area contributed by atoms with E-state index in [4.69, 9.17) is 0 Å². The minimum Gasteiger partial charge on any atom is -0.480 e. The largest absolute Gasteiger partial charge is 0.480 e.